The van der Waals surface area contributed by atoms with E-state index in [1.165, 1.54) is 35.4 Å². The lowest BCUT2D eigenvalue weighted by Crippen LogP contribution is -2.42. The van der Waals surface area contributed by atoms with Gasteiger partial charge in [-0.25, -0.2) is 9.78 Å². The van der Waals surface area contributed by atoms with Crippen LogP contribution in [0.1, 0.15) is 45.0 Å². The molecule has 0 aromatic carbocycles. The fourth-order valence-corrected chi connectivity index (χ4v) is 4.32. The van der Waals surface area contributed by atoms with Gasteiger partial charge in [0, 0.05) is 12.7 Å². The third kappa shape index (κ3) is 4.19. The number of hydrogen-bond acceptors (Lipinski definition) is 5. The van der Waals surface area contributed by atoms with Crippen molar-refractivity contribution < 1.29 is 22.8 Å². The van der Waals surface area contributed by atoms with Gasteiger partial charge < -0.3 is 4.90 Å². The Morgan fingerprint density at radius 3 is 2.70 bits per heavy atom. The predicted molar refractivity (Wildman–Crippen MR) is 109 cm³/mol. The van der Waals surface area contributed by atoms with Crippen LogP contribution in [0.3, 0.4) is 0 Å². The molecule has 1 fully saturated rings. The molecule has 0 radical (unpaired) electrons. The zero-order valence-corrected chi connectivity index (χ0v) is 17.9. The van der Waals surface area contributed by atoms with E-state index in [1.54, 1.807) is 13.0 Å². The standard InChI is InChI=1S/C20H23F3N4O2S/c1-11-16(13-7-8-24-15(10-13)19(3,4)20(21,22)23)30-17(25-11)26-18(29)27-9-5-6-14(27)12(2)28/h7-8,10,14H,5-6,9H2,1-4H3,(H,25,26,29)/t14-/m0/s1/i28+2. The zero-order valence-electron chi connectivity index (χ0n) is 17.1. The molecule has 0 spiro atoms. The number of rotatable bonds is 4. The Kier molecular flexibility index (Phi) is 5.90. The Bertz CT molecular complexity index is 971. The molecular weight excluding hydrogens is 419 g/mol. The van der Waals surface area contributed by atoms with Crippen LogP contribution < -0.4 is 5.32 Å². The van der Waals surface area contributed by atoms with E-state index in [2.05, 4.69) is 15.3 Å². The molecule has 1 aliphatic rings. The summed E-state index contributed by atoms with van der Waals surface area (Å²) in [5, 5.41) is 3.04. The third-order valence-electron chi connectivity index (χ3n) is 5.36. The van der Waals surface area contributed by atoms with Gasteiger partial charge in [0.1, 0.15) is 5.41 Å². The molecule has 2 aromatic rings. The maximum absolute atomic E-state index is 13.4. The molecule has 3 rings (SSSR count). The number of halogens is 3. The first-order chi connectivity index (χ1) is 13.9. The van der Waals surface area contributed by atoms with Crippen LogP contribution in [0.5, 0.6) is 0 Å². The normalized spacial score (nSPS) is 17.3. The van der Waals surface area contributed by atoms with E-state index >= 15 is 0 Å². The van der Waals surface area contributed by atoms with Crippen molar-refractivity contribution in [3.63, 3.8) is 0 Å². The van der Waals surface area contributed by atoms with Crippen molar-refractivity contribution >= 4 is 28.3 Å². The Morgan fingerprint density at radius 2 is 2.07 bits per heavy atom. The van der Waals surface area contributed by atoms with E-state index in [0.29, 0.717) is 34.2 Å². The highest BCUT2D eigenvalue weighted by Crippen LogP contribution is 2.41. The Labute approximate surface area is 176 Å². The minimum absolute atomic E-state index is 0.0600. The van der Waals surface area contributed by atoms with E-state index in [1.807, 2.05) is 0 Å². The van der Waals surface area contributed by atoms with Crippen molar-refractivity contribution in [1.82, 2.24) is 14.9 Å². The molecule has 1 aliphatic heterocycles. The van der Waals surface area contributed by atoms with Gasteiger partial charge in [-0.05, 0) is 58.2 Å². The van der Waals surface area contributed by atoms with Crippen LogP contribution in [0.2, 0.25) is 0 Å². The maximum Gasteiger partial charge on any atom is 0.399 e. The molecule has 0 bridgehead atoms. The average molecular weight is 442 g/mol. The van der Waals surface area contributed by atoms with Crippen LogP contribution in [-0.4, -0.2) is 45.4 Å². The minimum Gasteiger partial charge on any atom is -0.314 e. The molecule has 10 heteroatoms. The third-order valence-corrected chi connectivity index (χ3v) is 6.49. The largest absolute Gasteiger partial charge is 0.399 e. The van der Waals surface area contributed by atoms with Crippen molar-refractivity contribution in [2.45, 2.75) is 58.2 Å². The molecule has 0 unspecified atom stereocenters. The molecule has 2 aromatic heterocycles. The second-order valence-corrected chi connectivity index (χ2v) is 8.88. The molecule has 6 nitrogen and oxygen atoms in total. The number of thiazole rings is 1. The maximum atomic E-state index is 13.4. The molecular formula is C20H23F3N4O2S. The number of amides is 2. The summed E-state index contributed by atoms with van der Waals surface area (Å²) in [5.41, 5.74) is -1.06. The Hall–Kier alpha value is -2.49. The zero-order chi connectivity index (χ0) is 22.3. The topological polar surface area (TPSA) is 75.2 Å². The fraction of sp³-hybridized carbons (Fsp3) is 0.500. The molecule has 30 heavy (non-hydrogen) atoms. The van der Waals surface area contributed by atoms with Crippen LogP contribution in [0, 0.1) is 6.92 Å². The second kappa shape index (κ2) is 7.98. The first-order valence-electron chi connectivity index (χ1n) is 9.51. The summed E-state index contributed by atoms with van der Waals surface area (Å²) in [5.74, 6) is -0.0600. The lowest BCUT2D eigenvalue weighted by Gasteiger charge is -2.27. The fourth-order valence-electron chi connectivity index (χ4n) is 3.37. The number of anilines is 1. The highest BCUT2D eigenvalue weighted by Gasteiger charge is 2.49. The summed E-state index contributed by atoms with van der Waals surface area (Å²) in [6, 6.07) is 2.19. The van der Waals surface area contributed by atoms with Gasteiger partial charge in [0.25, 0.3) is 0 Å². The van der Waals surface area contributed by atoms with Gasteiger partial charge in [-0.2, -0.15) is 13.2 Å². The van der Waals surface area contributed by atoms with E-state index in [9.17, 15) is 22.8 Å². The minimum atomic E-state index is -4.44. The van der Waals surface area contributed by atoms with E-state index in [4.69, 9.17) is 0 Å². The molecule has 3 heterocycles. The summed E-state index contributed by atoms with van der Waals surface area (Å²) in [7, 11) is 0. The molecule has 0 aliphatic carbocycles. The molecule has 1 atom stereocenters. The second-order valence-electron chi connectivity index (χ2n) is 7.88. The molecule has 0 saturated carbocycles. The number of aromatic nitrogens is 2. The van der Waals surface area contributed by atoms with Gasteiger partial charge in [-0.15, -0.1) is 0 Å². The molecule has 1 N–H and O–H groups in total. The lowest BCUT2D eigenvalue weighted by atomic mass is 9.87. The number of alkyl halides is 3. The first-order valence-corrected chi connectivity index (χ1v) is 10.3. The number of carbonyl (C=O) groups excluding carboxylic acids is 2. The Balaban J connectivity index is 1.84. The number of carbonyl (C=O) groups is 2. The summed E-state index contributed by atoms with van der Waals surface area (Å²) < 4.78 is 40.2. The summed E-state index contributed by atoms with van der Waals surface area (Å²) in [6.45, 7) is 5.86. The number of urea groups is 1. The smallest absolute Gasteiger partial charge is 0.314 e. The number of likely N-dealkylation sites (tertiary alicyclic amines) is 1. The van der Waals surface area contributed by atoms with Crippen LogP contribution in [0.25, 0.3) is 10.4 Å². The van der Waals surface area contributed by atoms with Crippen LogP contribution in [0.4, 0.5) is 23.1 Å². The number of nitrogens with one attached hydrogen (secondary N) is 1. The summed E-state index contributed by atoms with van der Waals surface area (Å²) in [6.07, 6.45) is -1.70. The number of pyridine rings is 1. The number of Topliss-reactive ketones (excluding diaryl/α,β-unsaturated/α-hetero) is 1. The lowest BCUT2D eigenvalue weighted by molar-refractivity contribution is -0.181. The van der Waals surface area contributed by atoms with E-state index < -0.39 is 23.7 Å². The van der Waals surface area contributed by atoms with Crippen molar-refractivity contribution in [1.29, 1.82) is 0 Å². The van der Waals surface area contributed by atoms with Crippen molar-refractivity contribution in [2.75, 3.05) is 11.9 Å². The molecule has 2 amide bonds. The van der Waals surface area contributed by atoms with E-state index in [0.717, 1.165) is 20.3 Å². The highest BCUT2D eigenvalue weighted by molar-refractivity contribution is 7.19. The number of aryl methyl sites for hydroxylation is 1. The van der Waals surface area contributed by atoms with Gasteiger partial charge in [-0.3, -0.25) is 15.1 Å². The first kappa shape index (κ1) is 22.2. The Morgan fingerprint density at radius 1 is 1.37 bits per heavy atom. The van der Waals surface area contributed by atoms with Gasteiger partial charge in [0.2, 0.25) is 0 Å². The predicted octanol–water partition coefficient (Wildman–Crippen LogP) is 4.94. The van der Waals surface area contributed by atoms with Crippen molar-refractivity contribution in [3.05, 3.63) is 29.7 Å². The number of nitrogens with zero attached hydrogens (tertiary/aromatic N) is 3. The van der Waals surface area contributed by atoms with Gasteiger partial charge in [0.15, 0.2) is 10.9 Å². The summed E-state index contributed by atoms with van der Waals surface area (Å²) >= 11 is 1.17. The monoisotopic (exact) mass is 442 g/mol. The highest BCUT2D eigenvalue weighted by atomic mass is 32.1. The van der Waals surface area contributed by atoms with Gasteiger partial charge in [-0.1, -0.05) is 11.3 Å². The van der Waals surface area contributed by atoms with Crippen LogP contribution in [-0.2, 0) is 10.2 Å². The SMILES string of the molecule is CC(=[18O])[C@@H]1CCCN1C(=O)Nc1nc(C)c(-c2ccnc(C(C)(C)C(F)(F)F)c2)s1. The van der Waals surface area contributed by atoms with E-state index in [-0.39, 0.29) is 11.5 Å². The van der Waals surface area contributed by atoms with Crippen molar-refractivity contribution in [3.8, 4) is 10.4 Å². The van der Waals surface area contributed by atoms with Crippen LogP contribution >= 0.6 is 11.3 Å². The van der Waals surface area contributed by atoms with Gasteiger partial charge in [0.05, 0.1) is 22.3 Å². The van der Waals surface area contributed by atoms with Crippen molar-refractivity contribution in [2.24, 2.45) is 0 Å². The number of hydrogen-bond donors (Lipinski definition) is 1. The summed E-state index contributed by atoms with van der Waals surface area (Å²) in [4.78, 5) is 34.7. The van der Waals surface area contributed by atoms with Gasteiger partial charge >= 0.3 is 12.2 Å². The average Bonchev–Trinajstić information content (AvgIpc) is 3.28. The molecule has 162 valence electrons. The van der Waals surface area contributed by atoms with Crippen LogP contribution in [0.15, 0.2) is 18.3 Å². The molecule has 1 saturated heterocycles. The number of ketones is 1. The quantitative estimate of drug-likeness (QED) is 0.681.